The zero-order valence-electron chi connectivity index (χ0n) is 17.7. The van der Waals surface area contributed by atoms with Gasteiger partial charge in [0.2, 0.25) is 5.91 Å². The Morgan fingerprint density at radius 2 is 1.74 bits per heavy atom. The number of hydrazone groups is 1. The SMILES string of the molecule is CC.CC(=O)N/N=C(\c1ccccc1CCC(=O)C(C)C)C1CCCCC1. The molecule has 0 radical (unpaired) electrons. The number of nitrogens with one attached hydrogen (secondary N) is 1. The van der Waals surface area contributed by atoms with E-state index in [1.807, 2.05) is 39.8 Å². The summed E-state index contributed by atoms with van der Waals surface area (Å²) in [5, 5.41) is 4.47. The monoisotopic (exact) mass is 372 g/mol. The van der Waals surface area contributed by atoms with Crippen molar-refractivity contribution in [2.75, 3.05) is 0 Å². The molecular weight excluding hydrogens is 336 g/mol. The van der Waals surface area contributed by atoms with E-state index >= 15 is 0 Å². The predicted octanol–water partition coefficient (Wildman–Crippen LogP) is 5.29. The molecular formula is C23H36N2O2. The number of rotatable bonds is 7. The third-order valence-corrected chi connectivity index (χ3v) is 4.90. The summed E-state index contributed by atoms with van der Waals surface area (Å²) in [5.74, 6) is 0.578. The summed E-state index contributed by atoms with van der Waals surface area (Å²) in [7, 11) is 0. The molecule has 0 spiro atoms. The maximum absolute atomic E-state index is 12.0. The Hall–Kier alpha value is -1.97. The molecule has 1 fully saturated rings. The van der Waals surface area contributed by atoms with Crippen molar-refractivity contribution in [2.24, 2.45) is 16.9 Å². The van der Waals surface area contributed by atoms with E-state index in [-0.39, 0.29) is 17.6 Å². The second-order valence-corrected chi connectivity index (χ2v) is 7.28. The highest BCUT2D eigenvalue weighted by Crippen LogP contribution is 2.29. The molecule has 1 amide bonds. The van der Waals surface area contributed by atoms with Crippen molar-refractivity contribution in [3.8, 4) is 0 Å². The lowest BCUT2D eigenvalue weighted by Gasteiger charge is -2.25. The summed E-state index contributed by atoms with van der Waals surface area (Å²) in [6.07, 6.45) is 7.17. The fourth-order valence-corrected chi connectivity index (χ4v) is 3.42. The Labute approximate surface area is 164 Å². The Balaban J connectivity index is 0.00000176. The van der Waals surface area contributed by atoms with E-state index in [0.717, 1.165) is 36.1 Å². The summed E-state index contributed by atoms with van der Waals surface area (Å²) in [4.78, 5) is 23.4. The van der Waals surface area contributed by atoms with Crippen LogP contribution in [0.3, 0.4) is 0 Å². The summed E-state index contributed by atoms with van der Waals surface area (Å²) in [5.41, 5.74) is 5.84. The Morgan fingerprint density at radius 1 is 1.11 bits per heavy atom. The smallest absolute Gasteiger partial charge is 0.236 e. The topological polar surface area (TPSA) is 58.5 Å². The first-order chi connectivity index (χ1) is 13.0. The molecule has 0 aliphatic heterocycles. The third kappa shape index (κ3) is 7.66. The lowest BCUT2D eigenvalue weighted by atomic mass is 9.81. The van der Waals surface area contributed by atoms with Crippen molar-refractivity contribution in [3.05, 3.63) is 35.4 Å². The van der Waals surface area contributed by atoms with E-state index in [4.69, 9.17) is 0 Å². The first-order valence-electron chi connectivity index (χ1n) is 10.4. The van der Waals surface area contributed by atoms with Crippen LogP contribution in [0.5, 0.6) is 0 Å². The van der Waals surface area contributed by atoms with Gasteiger partial charge in [-0.15, -0.1) is 0 Å². The maximum atomic E-state index is 12.0. The molecule has 1 aliphatic rings. The Morgan fingerprint density at radius 3 is 2.33 bits per heavy atom. The van der Waals surface area contributed by atoms with Gasteiger partial charge in [-0.1, -0.05) is 71.2 Å². The standard InChI is InChI=1S/C21H30N2O2.C2H6/c1-15(2)20(25)14-13-17-9-7-8-12-19(17)21(23-22-16(3)24)18-10-5-4-6-11-18;1-2/h7-9,12,15,18H,4-6,10-11,13-14H2,1-3H3,(H,22,24);1-2H3/b23-21-;. The summed E-state index contributed by atoms with van der Waals surface area (Å²) < 4.78 is 0. The molecule has 1 aliphatic carbocycles. The zero-order chi connectivity index (χ0) is 20.2. The second-order valence-electron chi connectivity index (χ2n) is 7.28. The Bertz CT molecular complexity index is 629. The van der Waals surface area contributed by atoms with Gasteiger partial charge in [0.1, 0.15) is 5.78 Å². The van der Waals surface area contributed by atoms with Crippen LogP contribution in [0.2, 0.25) is 0 Å². The number of hydrogen-bond donors (Lipinski definition) is 1. The van der Waals surface area contributed by atoms with Crippen molar-refractivity contribution in [1.82, 2.24) is 5.43 Å². The average molecular weight is 373 g/mol. The molecule has 0 bridgehead atoms. The van der Waals surface area contributed by atoms with Gasteiger partial charge < -0.3 is 0 Å². The van der Waals surface area contributed by atoms with Crippen molar-refractivity contribution in [3.63, 3.8) is 0 Å². The lowest BCUT2D eigenvalue weighted by Crippen LogP contribution is -2.25. The number of ketones is 1. The van der Waals surface area contributed by atoms with Gasteiger partial charge in [0, 0.05) is 30.7 Å². The number of nitrogens with zero attached hydrogens (tertiary/aromatic N) is 1. The molecule has 1 saturated carbocycles. The number of Topliss-reactive ketones (excluding diaryl/α,β-unsaturated/α-hetero) is 1. The second kappa shape index (κ2) is 12.4. The molecule has 0 aromatic heterocycles. The molecule has 1 aromatic rings. The number of carbonyl (C=O) groups is 2. The fourth-order valence-electron chi connectivity index (χ4n) is 3.42. The molecule has 1 aromatic carbocycles. The molecule has 4 heteroatoms. The number of benzene rings is 1. The molecule has 0 unspecified atom stereocenters. The number of amides is 1. The Kier molecular flexibility index (Phi) is 10.6. The van der Waals surface area contributed by atoms with Gasteiger partial charge in [-0.25, -0.2) is 5.43 Å². The fraction of sp³-hybridized carbons (Fsp3) is 0.609. The normalized spacial score (nSPS) is 15.1. The highest BCUT2D eigenvalue weighted by molar-refractivity contribution is 6.04. The van der Waals surface area contributed by atoms with E-state index in [9.17, 15) is 9.59 Å². The maximum Gasteiger partial charge on any atom is 0.236 e. The van der Waals surface area contributed by atoms with E-state index in [1.54, 1.807) is 0 Å². The quantitative estimate of drug-likeness (QED) is 0.522. The van der Waals surface area contributed by atoms with Crippen LogP contribution in [0, 0.1) is 11.8 Å². The molecule has 0 saturated heterocycles. The summed E-state index contributed by atoms with van der Waals surface area (Å²) >= 11 is 0. The largest absolute Gasteiger partial charge is 0.299 e. The molecule has 27 heavy (non-hydrogen) atoms. The van der Waals surface area contributed by atoms with Crippen LogP contribution in [0.25, 0.3) is 0 Å². The highest BCUT2D eigenvalue weighted by Gasteiger charge is 2.23. The van der Waals surface area contributed by atoms with E-state index < -0.39 is 0 Å². The number of carbonyl (C=O) groups excluding carboxylic acids is 2. The van der Waals surface area contributed by atoms with Crippen LogP contribution in [-0.4, -0.2) is 17.4 Å². The van der Waals surface area contributed by atoms with Gasteiger partial charge in [0.15, 0.2) is 0 Å². The predicted molar refractivity (Wildman–Crippen MR) is 113 cm³/mol. The van der Waals surface area contributed by atoms with Crippen LogP contribution in [0.4, 0.5) is 0 Å². The first kappa shape index (κ1) is 23.1. The van der Waals surface area contributed by atoms with E-state index in [0.29, 0.717) is 12.3 Å². The van der Waals surface area contributed by atoms with Crippen LogP contribution >= 0.6 is 0 Å². The zero-order valence-corrected chi connectivity index (χ0v) is 17.7. The molecule has 0 atom stereocenters. The van der Waals surface area contributed by atoms with Gasteiger partial charge in [-0.3, -0.25) is 9.59 Å². The van der Waals surface area contributed by atoms with Crippen LogP contribution in [0.15, 0.2) is 29.4 Å². The number of aryl methyl sites for hydroxylation is 1. The van der Waals surface area contributed by atoms with Gasteiger partial charge in [-0.05, 0) is 24.8 Å². The molecule has 0 heterocycles. The minimum atomic E-state index is -0.152. The van der Waals surface area contributed by atoms with E-state index in [1.165, 1.54) is 26.2 Å². The third-order valence-electron chi connectivity index (χ3n) is 4.90. The lowest BCUT2D eigenvalue weighted by molar-refractivity contribution is -0.122. The molecule has 1 N–H and O–H groups in total. The van der Waals surface area contributed by atoms with Crippen molar-refractivity contribution >= 4 is 17.4 Å². The van der Waals surface area contributed by atoms with Crippen molar-refractivity contribution in [1.29, 1.82) is 0 Å². The first-order valence-corrected chi connectivity index (χ1v) is 10.4. The van der Waals surface area contributed by atoms with Crippen LogP contribution in [-0.2, 0) is 16.0 Å². The van der Waals surface area contributed by atoms with Gasteiger partial charge in [0.05, 0.1) is 5.71 Å². The number of hydrogen-bond acceptors (Lipinski definition) is 3. The molecule has 4 nitrogen and oxygen atoms in total. The minimum Gasteiger partial charge on any atom is -0.299 e. The van der Waals surface area contributed by atoms with Gasteiger partial charge >= 0.3 is 0 Å². The van der Waals surface area contributed by atoms with Crippen molar-refractivity contribution < 1.29 is 9.59 Å². The highest BCUT2D eigenvalue weighted by atomic mass is 16.2. The van der Waals surface area contributed by atoms with E-state index in [2.05, 4.69) is 22.7 Å². The summed E-state index contributed by atoms with van der Waals surface area (Å²) in [6, 6.07) is 8.17. The van der Waals surface area contributed by atoms with Crippen LogP contribution in [0.1, 0.15) is 84.3 Å². The molecule has 2 rings (SSSR count). The minimum absolute atomic E-state index is 0.0676. The average Bonchev–Trinajstić information content (AvgIpc) is 2.69. The van der Waals surface area contributed by atoms with Crippen molar-refractivity contribution in [2.45, 2.75) is 79.6 Å². The molecule has 150 valence electrons. The van der Waals surface area contributed by atoms with Gasteiger partial charge in [0.25, 0.3) is 0 Å². The van der Waals surface area contributed by atoms with Gasteiger partial charge in [-0.2, -0.15) is 5.10 Å². The summed E-state index contributed by atoms with van der Waals surface area (Å²) in [6.45, 7) is 9.37. The van der Waals surface area contributed by atoms with Crippen LogP contribution < -0.4 is 5.43 Å².